The zero-order valence-corrected chi connectivity index (χ0v) is 15.9. The fourth-order valence-electron chi connectivity index (χ4n) is 2.39. The third-order valence-corrected chi connectivity index (χ3v) is 6.07. The van der Waals surface area contributed by atoms with Gasteiger partial charge >= 0.3 is 0 Å². The van der Waals surface area contributed by atoms with Crippen LogP contribution in [-0.2, 0) is 0 Å². The molecule has 3 rings (SSSR count). The number of halogens is 1. The van der Waals surface area contributed by atoms with E-state index < -0.39 is 7.92 Å². The SMILES string of the molecule is CP(C)c1cc2ncnc(Nc3cccc(Cl)c3P)c2cc1N=O. The third-order valence-electron chi connectivity index (χ3n) is 3.62. The summed E-state index contributed by atoms with van der Waals surface area (Å²) < 4.78 is 0. The van der Waals surface area contributed by atoms with Crippen molar-refractivity contribution in [3.8, 4) is 0 Å². The van der Waals surface area contributed by atoms with E-state index in [4.69, 9.17) is 11.6 Å². The summed E-state index contributed by atoms with van der Waals surface area (Å²) in [6.45, 7) is 4.16. The van der Waals surface area contributed by atoms with Crippen LogP contribution in [0.3, 0.4) is 0 Å². The molecular weight excluding hydrogens is 362 g/mol. The largest absolute Gasteiger partial charge is 0.339 e. The maximum Gasteiger partial charge on any atom is 0.141 e. The van der Waals surface area contributed by atoms with Gasteiger partial charge in [0.2, 0.25) is 0 Å². The van der Waals surface area contributed by atoms with Crippen LogP contribution < -0.4 is 15.9 Å². The van der Waals surface area contributed by atoms with E-state index >= 15 is 0 Å². The molecule has 2 aromatic carbocycles. The van der Waals surface area contributed by atoms with Crippen LogP contribution in [0, 0.1) is 4.91 Å². The molecule has 0 bridgehead atoms. The lowest BCUT2D eigenvalue weighted by Crippen LogP contribution is -2.06. The quantitative estimate of drug-likeness (QED) is 0.545. The zero-order valence-electron chi connectivity index (χ0n) is 13.1. The van der Waals surface area contributed by atoms with Gasteiger partial charge in [-0.05, 0) is 42.8 Å². The molecule has 0 spiro atoms. The molecule has 24 heavy (non-hydrogen) atoms. The van der Waals surface area contributed by atoms with Crippen LogP contribution in [0.25, 0.3) is 10.9 Å². The lowest BCUT2D eigenvalue weighted by molar-refractivity contribution is 1.22. The summed E-state index contributed by atoms with van der Waals surface area (Å²) in [7, 11) is 2.15. The smallest absolute Gasteiger partial charge is 0.141 e. The number of hydrogen-bond acceptors (Lipinski definition) is 5. The maximum absolute atomic E-state index is 11.2. The van der Waals surface area contributed by atoms with Gasteiger partial charge in [0.15, 0.2) is 0 Å². The number of nitrogens with one attached hydrogen (secondary N) is 1. The number of hydrogen-bond donors (Lipinski definition) is 1. The molecule has 0 amide bonds. The highest BCUT2D eigenvalue weighted by Crippen LogP contribution is 2.34. The van der Waals surface area contributed by atoms with Gasteiger partial charge in [0.25, 0.3) is 0 Å². The van der Waals surface area contributed by atoms with Crippen molar-refractivity contribution < 1.29 is 0 Å². The summed E-state index contributed by atoms with van der Waals surface area (Å²) in [6.07, 6.45) is 1.50. The van der Waals surface area contributed by atoms with Gasteiger partial charge in [-0.25, -0.2) is 9.97 Å². The third kappa shape index (κ3) is 3.25. The Morgan fingerprint density at radius 3 is 2.75 bits per heavy atom. The van der Waals surface area contributed by atoms with Crippen molar-refractivity contribution in [2.45, 2.75) is 0 Å². The standard InChI is InChI=1S/C16H15ClN4OP2/c1-24(2)14-7-12-9(6-13(14)21-22)16(19-8-18-12)20-11-5-3-4-10(17)15(11)23/h3-8H,23H2,1-2H3,(H,18,19,20). The van der Waals surface area contributed by atoms with Crippen LogP contribution in [0.15, 0.2) is 41.8 Å². The maximum atomic E-state index is 11.2. The van der Waals surface area contributed by atoms with Gasteiger partial charge in [0, 0.05) is 26.7 Å². The lowest BCUT2D eigenvalue weighted by Gasteiger charge is -2.14. The van der Waals surface area contributed by atoms with E-state index in [2.05, 4.69) is 43.0 Å². The van der Waals surface area contributed by atoms with Gasteiger partial charge in [0.05, 0.1) is 5.52 Å². The van der Waals surface area contributed by atoms with Crippen molar-refractivity contribution >= 4 is 67.5 Å². The predicted octanol–water partition coefficient (Wildman–Crippen LogP) is 4.29. The number of anilines is 2. The molecule has 3 aromatic rings. The molecule has 0 fully saturated rings. The summed E-state index contributed by atoms with van der Waals surface area (Å²) >= 11 is 6.15. The molecule has 8 heteroatoms. The number of rotatable bonds is 4. The van der Waals surface area contributed by atoms with Crippen molar-refractivity contribution in [1.29, 1.82) is 0 Å². The normalized spacial score (nSPS) is 11.0. The van der Waals surface area contributed by atoms with E-state index in [-0.39, 0.29) is 0 Å². The van der Waals surface area contributed by atoms with Crippen LogP contribution in [0.1, 0.15) is 0 Å². The van der Waals surface area contributed by atoms with Crippen molar-refractivity contribution in [3.63, 3.8) is 0 Å². The molecule has 1 atom stereocenters. The topological polar surface area (TPSA) is 67.2 Å². The summed E-state index contributed by atoms with van der Waals surface area (Å²) in [5.41, 5.74) is 2.04. The number of benzene rings is 2. The Kier molecular flexibility index (Phi) is 5.05. The summed E-state index contributed by atoms with van der Waals surface area (Å²) in [6, 6.07) is 9.25. The van der Waals surface area contributed by atoms with Crippen molar-refractivity contribution in [2.24, 2.45) is 5.18 Å². The highest BCUT2D eigenvalue weighted by molar-refractivity contribution is 7.64. The number of fused-ring (bicyclic) bond motifs is 1. The first-order valence-corrected chi connectivity index (χ1v) is 10.3. The predicted molar refractivity (Wildman–Crippen MR) is 107 cm³/mol. The molecule has 0 aliphatic carbocycles. The van der Waals surface area contributed by atoms with Gasteiger partial charge in [-0.3, -0.25) is 0 Å². The van der Waals surface area contributed by atoms with Crippen LogP contribution in [0.4, 0.5) is 17.2 Å². The average molecular weight is 377 g/mol. The molecule has 1 unspecified atom stereocenters. The Hall–Kier alpha value is -1.67. The molecular formula is C16H15ClN4OP2. The highest BCUT2D eigenvalue weighted by Gasteiger charge is 2.13. The Morgan fingerprint density at radius 2 is 2.04 bits per heavy atom. The Bertz CT molecular complexity index is 933. The molecule has 1 aromatic heterocycles. The lowest BCUT2D eigenvalue weighted by atomic mass is 10.2. The second-order valence-electron chi connectivity index (χ2n) is 5.39. The number of nitrogens with zero attached hydrogens (tertiary/aromatic N) is 3. The summed E-state index contributed by atoms with van der Waals surface area (Å²) in [5.74, 6) is 0.610. The molecule has 1 N–H and O–H groups in total. The second-order valence-corrected chi connectivity index (χ2v) is 8.65. The molecule has 0 radical (unpaired) electrons. The van der Waals surface area contributed by atoms with Crippen LogP contribution in [0.2, 0.25) is 5.02 Å². The van der Waals surface area contributed by atoms with E-state index in [0.29, 0.717) is 16.5 Å². The van der Waals surface area contributed by atoms with Crippen molar-refractivity contribution in [2.75, 3.05) is 18.6 Å². The fraction of sp³-hybridized carbons (Fsp3) is 0.125. The van der Waals surface area contributed by atoms with E-state index in [1.165, 1.54) is 6.33 Å². The van der Waals surface area contributed by atoms with Crippen molar-refractivity contribution in [3.05, 3.63) is 46.6 Å². The Labute approximate surface area is 148 Å². The molecule has 122 valence electrons. The monoisotopic (exact) mass is 376 g/mol. The average Bonchev–Trinajstić information content (AvgIpc) is 2.58. The minimum Gasteiger partial charge on any atom is -0.339 e. The highest BCUT2D eigenvalue weighted by atomic mass is 35.5. The molecule has 1 heterocycles. The number of aromatic nitrogens is 2. The molecule has 0 aliphatic heterocycles. The first-order valence-electron chi connectivity index (χ1n) is 7.11. The Balaban J connectivity index is 2.15. The van der Waals surface area contributed by atoms with E-state index in [1.807, 2.05) is 24.3 Å². The van der Waals surface area contributed by atoms with Gasteiger partial charge < -0.3 is 5.32 Å². The molecule has 0 saturated heterocycles. The minimum atomic E-state index is -0.458. The van der Waals surface area contributed by atoms with Crippen LogP contribution >= 0.6 is 28.8 Å². The van der Waals surface area contributed by atoms with Crippen LogP contribution in [-0.4, -0.2) is 23.3 Å². The second kappa shape index (κ2) is 7.06. The van der Waals surface area contributed by atoms with E-state index in [0.717, 1.165) is 27.2 Å². The van der Waals surface area contributed by atoms with E-state index in [1.54, 1.807) is 6.07 Å². The number of nitroso groups, excluding NO2 is 1. The van der Waals surface area contributed by atoms with E-state index in [9.17, 15) is 4.91 Å². The van der Waals surface area contributed by atoms with Gasteiger partial charge in [-0.1, -0.05) is 25.6 Å². The minimum absolute atomic E-state index is 0.439. The fourth-order valence-corrected chi connectivity index (χ4v) is 3.77. The molecule has 0 saturated carbocycles. The van der Waals surface area contributed by atoms with Gasteiger partial charge in [0.1, 0.15) is 17.8 Å². The summed E-state index contributed by atoms with van der Waals surface area (Å²) in [5, 5.41) is 9.62. The zero-order chi connectivity index (χ0) is 17.3. The van der Waals surface area contributed by atoms with Crippen molar-refractivity contribution in [1.82, 2.24) is 9.97 Å². The first kappa shape index (κ1) is 17.2. The van der Waals surface area contributed by atoms with Crippen LogP contribution in [0.5, 0.6) is 0 Å². The molecule has 0 aliphatic rings. The van der Waals surface area contributed by atoms with Gasteiger partial charge in [-0.2, -0.15) is 0 Å². The molecule has 5 nitrogen and oxygen atoms in total. The van der Waals surface area contributed by atoms with Gasteiger partial charge in [-0.15, -0.1) is 14.1 Å². The Morgan fingerprint density at radius 1 is 1.25 bits per heavy atom. The summed E-state index contributed by atoms with van der Waals surface area (Å²) in [4.78, 5) is 19.9. The first-order chi connectivity index (χ1) is 11.5.